The molecule has 0 saturated heterocycles. The molecule has 3 nitrogen and oxygen atoms in total. The molecular weight excluding hydrogens is 272 g/mol. The number of carbonyl (C=O) groups excluding carboxylic acids is 1. The zero-order valence-electron chi connectivity index (χ0n) is 12.8. The van der Waals surface area contributed by atoms with E-state index < -0.39 is 0 Å². The monoisotopic (exact) mass is 290 g/mol. The smallest absolute Gasteiger partial charge is 0.258 e. The van der Waals surface area contributed by atoms with E-state index in [4.69, 9.17) is 0 Å². The first-order valence-corrected chi connectivity index (χ1v) is 7.42. The number of aryl methyl sites for hydroxylation is 1. The number of fused-ring (bicyclic) bond motifs is 1. The topological polar surface area (TPSA) is 33.2 Å². The second-order valence-electron chi connectivity index (χ2n) is 5.29. The van der Waals surface area contributed by atoms with Crippen molar-refractivity contribution in [1.82, 2.24) is 4.98 Å². The summed E-state index contributed by atoms with van der Waals surface area (Å²) in [7, 11) is 0. The fraction of sp³-hybridized carbons (Fsp3) is 0.158. The van der Waals surface area contributed by atoms with Crippen molar-refractivity contribution >= 4 is 22.4 Å². The van der Waals surface area contributed by atoms with Crippen LogP contribution in [-0.4, -0.2) is 17.4 Å². The molecule has 1 amide bonds. The number of nitrogens with zero attached hydrogens (tertiary/aromatic N) is 2. The SMILES string of the molecule is CCN(C(=O)c1cccc2ccncc12)c1cccc(C)c1. The summed E-state index contributed by atoms with van der Waals surface area (Å²) in [4.78, 5) is 19.0. The van der Waals surface area contributed by atoms with Crippen molar-refractivity contribution in [3.05, 3.63) is 72.1 Å². The number of benzene rings is 2. The second kappa shape index (κ2) is 5.98. The van der Waals surface area contributed by atoms with Gasteiger partial charge in [-0.15, -0.1) is 0 Å². The first kappa shape index (κ1) is 14.3. The highest BCUT2D eigenvalue weighted by atomic mass is 16.2. The lowest BCUT2D eigenvalue weighted by atomic mass is 10.1. The van der Waals surface area contributed by atoms with Crippen molar-refractivity contribution in [1.29, 1.82) is 0 Å². The summed E-state index contributed by atoms with van der Waals surface area (Å²) in [5.41, 5.74) is 2.76. The van der Waals surface area contributed by atoms with Crippen LogP contribution in [0.2, 0.25) is 0 Å². The summed E-state index contributed by atoms with van der Waals surface area (Å²) in [6.45, 7) is 4.65. The lowest BCUT2D eigenvalue weighted by molar-refractivity contribution is 0.0990. The Morgan fingerprint density at radius 3 is 2.73 bits per heavy atom. The van der Waals surface area contributed by atoms with Crippen molar-refractivity contribution in [2.45, 2.75) is 13.8 Å². The summed E-state index contributed by atoms with van der Waals surface area (Å²) >= 11 is 0. The largest absolute Gasteiger partial charge is 0.309 e. The summed E-state index contributed by atoms with van der Waals surface area (Å²) < 4.78 is 0. The maximum atomic E-state index is 13.0. The fourth-order valence-corrected chi connectivity index (χ4v) is 2.68. The van der Waals surface area contributed by atoms with E-state index in [1.54, 1.807) is 17.3 Å². The first-order chi connectivity index (χ1) is 10.7. The molecule has 0 bridgehead atoms. The van der Waals surface area contributed by atoms with E-state index in [-0.39, 0.29) is 5.91 Å². The highest BCUT2D eigenvalue weighted by molar-refractivity contribution is 6.13. The molecule has 0 fully saturated rings. The number of aromatic nitrogens is 1. The third kappa shape index (κ3) is 2.58. The number of anilines is 1. The van der Waals surface area contributed by atoms with E-state index in [2.05, 4.69) is 4.98 Å². The van der Waals surface area contributed by atoms with Gasteiger partial charge in [-0.05, 0) is 49.1 Å². The van der Waals surface area contributed by atoms with Gasteiger partial charge in [0.1, 0.15) is 0 Å². The zero-order chi connectivity index (χ0) is 15.5. The second-order valence-corrected chi connectivity index (χ2v) is 5.29. The average molecular weight is 290 g/mol. The number of pyridine rings is 1. The van der Waals surface area contributed by atoms with E-state index in [0.29, 0.717) is 12.1 Å². The Bertz CT molecular complexity index is 821. The summed E-state index contributed by atoms with van der Waals surface area (Å²) in [6.07, 6.45) is 3.50. The van der Waals surface area contributed by atoms with Crippen LogP contribution in [0.4, 0.5) is 5.69 Å². The predicted molar refractivity (Wildman–Crippen MR) is 90.3 cm³/mol. The van der Waals surface area contributed by atoms with Gasteiger partial charge in [-0.25, -0.2) is 0 Å². The van der Waals surface area contributed by atoms with E-state index >= 15 is 0 Å². The molecule has 2 aromatic carbocycles. The van der Waals surface area contributed by atoms with Gasteiger partial charge < -0.3 is 4.90 Å². The number of amides is 1. The maximum Gasteiger partial charge on any atom is 0.258 e. The van der Waals surface area contributed by atoms with E-state index in [1.165, 1.54) is 0 Å². The van der Waals surface area contributed by atoms with Crippen molar-refractivity contribution < 1.29 is 4.79 Å². The van der Waals surface area contributed by atoms with Gasteiger partial charge in [0.15, 0.2) is 0 Å². The Balaban J connectivity index is 2.07. The molecular formula is C19H18N2O. The first-order valence-electron chi connectivity index (χ1n) is 7.42. The Morgan fingerprint density at radius 1 is 1.14 bits per heavy atom. The Morgan fingerprint density at radius 2 is 1.95 bits per heavy atom. The molecule has 0 aliphatic carbocycles. The minimum atomic E-state index is 0.00620. The van der Waals surface area contributed by atoms with Gasteiger partial charge in [-0.3, -0.25) is 9.78 Å². The molecule has 3 heteroatoms. The molecule has 22 heavy (non-hydrogen) atoms. The number of carbonyl (C=O) groups is 1. The molecule has 1 aromatic heterocycles. The molecule has 0 radical (unpaired) electrons. The van der Waals surface area contributed by atoms with Crippen molar-refractivity contribution in [2.24, 2.45) is 0 Å². The molecule has 0 N–H and O–H groups in total. The predicted octanol–water partition coefficient (Wildman–Crippen LogP) is 4.21. The molecule has 0 atom stereocenters. The summed E-state index contributed by atoms with van der Waals surface area (Å²) in [5.74, 6) is 0.00620. The normalized spacial score (nSPS) is 10.6. The molecule has 0 saturated carbocycles. The molecule has 1 heterocycles. The Kier molecular flexibility index (Phi) is 3.88. The standard InChI is InChI=1S/C19H18N2O/c1-3-21(16-8-4-6-14(2)12-16)19(22)17-9-5-7-15-10-11-20-13-18(15)17/h4-13H,3H2,1-2H3. The van der Waals surface area contributed by atoms with Crippen LogP contribution in [0.25, 0.3) is 10.8 Å². The minimum absolute atomic E-state index is 0.00620. The van der Waals surface area contributed by atoms with Crippen molar-refractivity contribution in [3.63, 3.8) is 0 Å². The van der Waals surface area contributed by atoms with Crippen LogP contribution in [0.1, 0.15) is 22.8 Å². The summed E-state index contributed by atoms with van der Waals surface area (Å²) in [5, 5.41) is 1.92. The van der Waals surface area contributed by atoms with Crippen LogP contribution < -0.4 is 4.90 Å². The van der Waals surface area contributed by atoms with Gasteiger partial charge in [0, 0.05) is 35.6 Å². The highest BCUT2D eigenvalue weighted by Gasteiger charge is 2.18. The molecule has 110 valence electrons. The third-order valence-electron chi connectivity index (χ3n) is 3.79. The van der Waals surface area contributed by atoms with Crippen molar-refractivity contribution in [2.75, 3.05) is 11.4 Å². The molecule has 0 unspecified atom stereocenters. The zero-order valence-corrected chi connectivity index (χ0v) is 12.8. The minimum Gasteiger partial charge on any atom is -0.309 e. The highest BCUT2D eigenvalue weighted by Crippen LogP contribution is 2.23. The van der Waals surface area contributed by atoms with Crippen LogP contribution in [0.15, 0.2) is 60.9 Å². The van der Waals surface area contributed by atoms with Crippen LogP contribution in [-0.2, 0) is 0 Å². The Hall–Kier alpha value is -2.68. The molecule has 0 spiro atoms. The molecule has 3 aromatic rings. The van der Waals surface area contributed by atoms with Crippen molar-refractivity contribution in [3.8, 4) is 0 Å². The summed E-state index contributed by atoms with van der Waals surface area (Å²) in [6, 6.07) is 15.7. The maximum absolute atomic E-state index is 13.0. The van der Waals surface area contributed by atoms with Crippen LogP contribution in [0, 0.1) is 6.92 Å². The molecule has 3 rings (SSSR count). The number of hydrogen-bond acceptors (Lipinski definition) is 2. The van der Waals surface area contributed by atoms with E-state index in [0.717, 1.165) is 22.0 Å². The quantitative estimate of drug-likeness (QED) is 0.724. The van der Waals surface area contributed by atoms with Gasteiger partial charge in [0.2, 0.25) is 0 Å². The number of rotatable bonds is 3. The Labute approximate surface area is 130 Å². The lowest BCUT2D eigenvalue weighted by Gasteiger charge is -2.22. The van der Waals surface area contributed by atoms with Gasteiger partial charge >= 0.3 is 0 Å². The fourth-order valence-electron chi connectivity index (χ4n) is 2.68. The lowest BCUT2D eigenvalue weighted by Crippen LogP contribution is -2.30. The van der Waals surface area contributed by atoms with Gasteiger partial charge in [-0.2, -0.15) is 0 Å². The molecule has 0 aliphatic rings. The number of hydrogen-bond donors (Lipinski definition) is 0. The van der Waals surface area contributed by atoms with E-state index in [9.17, 15) is 4.79 Å². The van der Waals surface area contributed by atoms with Gasteiger partial charge in [0.05, 0.1) is 0 Å². The van der Waals surface area contributed by atoms with E-state index in [1.807, 2.05) is 62.4 Å². The average Bonchev–Trinajstić information content (AvgIpc) is 2.55. The van der Waals surface area contributed by atoms with Crippen LogP contribution in [0.5, 0.6) is 0 Å². The van der Waals surface area contributed by atoms with Crippen LogP contribution >= 0.6 is 0 Å². The van der Waals surface area contributed by atoms with Gasteiger partial charge in [0.25, 0.3) is 5.91 Å². The molecule has 0 aliphatic heterocycles. The van der Waals surface area contributed by atoms with Crippen LogP contribution in [0.3, 0.4) is 0 Å². The third-order valence-corrected chi connectivity index (χ3v) is 3.79. The van der Waals surface area contributed by atoms with Gasteiger partial charge in [-0.1, -0.05) is 24.3 Å².